The molecule has 0 N–H and O–H groups in total. The molecule has 1 fully saturated rings. The lowest BCUT2D eigenvalue weighted by atomic mass is 10.0. The van der Waals surface area contributed by atoms with E-state index in [1.807, 2.05) is 66.7 Å². The minimum atomic E-state index is -0.363. The number of hydrogen-bond donors (Lipinski definition) is 0. The Bertz CT molecular complexity index is 1350. The number of unbranched alkanes of at least 4 members (excludes halogenated alkanes) is 1. The summed E-state index contributed by atoms with van der Waals surface area (Å²) in [6.45, 7) is 5.31. The molecule has 9 heteroatoms. The Balaban J connectivity index is 1.05. The van der Waals surface area contributed by atoms with E-state index in [0.717, 1.165) is 68.1 Å². The lowest BCUT2D eigenvalue weighted by Crippen LogP contribution is -2.46. The molecule has 7 nitrogen and oxygen atoms in total. The summed E-state index contributed by atoms with van der Waals surface area (Å²) >= 11 is 12.6. The number of carbonyl (C=O) groups excluding carboxylic acids is 2. The van der Waals surface area contributed by atoms with Crippen LogP contribution in [0.15, 0.2) is 66.7 Å². The summed E-state index contributed by atoms with van der Waals surface area (Å²) in [6.07, 6.45) is 3.19. The lowest BCUT2D eigenvalue weighted by Gasteiger charge is -2.36. The fourth-order valence-electron chi connectivity index (χ4n) is 5.28. The summed E-state index contributed by atoms with van der Waals surface area (Å²) in [5.74, 6) is 0.296. The number of halogens is 2. The molecule has 0 saturated carbocycles. The number of carbonyl (C=O) groups is 2. The molecule has 0 aromatic heterocycles. The molecule has 2 aliphatic heterocycles. The highest BCUT2D eigenvalue weighted by Crippen LogP contribution is 2.33. The van der Waals surface area contributed by atoms with Crippen molar-refractivity contribution in [3.05, 3.63) is 87.9 Å². The molecule has 2 aliphatic rings. The maximum Gasteiger partial charge on any atom is 0.311 e. The molecule has 3 aromatic carbocycles. The van der Waals surface area contributed by atoms with Gasteiger partial charge < -0.3 is 14.4 Å². The third-order valence-corrected chi connectivity index (χ3v) is 8.39. The van der Waals surface area contributed by atoms with Crippen LogP contribution in [0.1, 0.15) is 30.4 Å². The van der Waals surface area contributed by atoms with Gasteiger partial charge in [0.25, 0.3) is 0 Å². The number of anilines is 2. The Labute approximate surface area is 251 Å². The van der Waals surface area contributed by atoms with Crippen LogP contribution < -0.4 is 14.5 Å². The number of piperazine rings is 1. The predicted molar refractivity (Wildman–Crippen MR) is 163 cm³/mol. The standard InChI is InChI=1S/C32H35Cl2N3O4/c33-27-9-6-10-28(32(27)34)36-18-16-35(17-19-36)15-4-5-20-40-26-13-11-25-12-14-30(38)37(29(25)22-26)23-41-31(39)21-24-7-2-1-3-8-24/h1-3,6-11,13,22H,4-5,12,14-21,23H2. The highest BCUT2D eigenvalue weighted by Gasteiger charge is 2.26. The van der Waals surface area contributed by atoms with E-state index in [0.29, 0.717) is 35.2 Å². The molecule has 216 valence electrons. The Morgan fingerprint density at radius 2 is 1.66 bits per heavy atom. The molecule has 1 saturated heterocycles. The molecule has 5 rings (SSSR count). The number of esters is 1. The number of benzene rings is 3. The number of rotatable bonds is 11. The minimum absolute atomic E-state index is 0.0557. The quantitative estimate of drug-likeness (QED) is 0.200. The fourth-order valence-corrected chi connectivity index (χ4v) is 5.69. The van der Waals surface area contributed by atoms with E-state index >= 15 is 0 Å². The molecule has 0 aliphatic carbocycles. The first kappa shape index (κ1) is 29.2. The van der Waals surface area contributed by atoms with Crippen molar-refractivity contribution >= 4 is 46.5 Å². The number of aryl methyl sites for hydroxylation is 1. The number of fused-ring (bicyclic) bond motifs is 1. The Hall–Kier alpha value is -3.26. The largest absolute Gasteiger partial charge is 0.494 e. The van der Waals surface area contributed by atoms with Gasteiger partial charge in [0.15, 0.2) is 6.73 Å². The van der Waals surface area contributed by atoms with Gasteiger partial charge >= 0.3 is 5.97 Å². The molecule has 2 heterocycles. The van der Waals surface area contributed by atoms with E-state index < -0.39 is 0 Å². The van der Waals surface area contributed by atoms with Gasteiger partial charge in [-0.05, 0) is 55.1 Å². The van der Waals surface area contributed by atoms with Crippen molar-refractivity contribution in [2.45, 2.75) is 32.1 Å². The first-order chi connectivity index (χ1) is 20.0. The smallest absolute Gasteiger partial charge is 0.311 e. The minimum Gasteiger partial charge on any atom is -0.494 e. The van der Waals surface area contributed by atoms with Gasteiger partial charge in [-0.25, -0.2) is 0 Å². The third kappa shape index (κ3) is 7.73. The van der Waals surface area contributed by atoms with Crippen molar-refractivity contribution in [2.75, 3.05) is 55.9 Å². The molecule has 41 heavy (non-hydrogen) atoms. The summed E-state index contributed by atoms with van der Waals surface area (Å²) in [7, 11) is 0. The molecule has 3 aromatic rings. The van der Waals surface area contributed by atoms with Crippen LogP contribution in [0.25, 0.3) is 0 Å². The topological polar surface area (TPSA) is 62.3 Å². The van der Waals surface area contributed by atoms with Gasteiger partial charge in [-0.1, -0.05) is 65.7 Å². The summed E-state index contributed by atoms with van der Waals surface area (Å²) in [5, 5.41) is 1.21. The molecule has 0 bridgehead atoms. The van der Waals surface area contributed by atoms with Crippen LogP contribution in [0.3, 0.4) is 0 Å². The van der Waals surface area contributed by atoms with E-state index in [9.17, 15) is 9.59 Å². The molecule has 0 unspecified atom stereocenters. The van der Waals surface area contributed by atoms with E-state index in [2.05, 4.69) is 9.80 Å². The van der Waals surface area contributed by atoms with Crippen LogP contribution in [0.2, 0.25) is 10.0 Å². The third-order valence-electron chi connectivity index (χ3n) is 7.58. The van der Waals surface area contributed by atoms with Crippen LogP contribution in [-0.4, -0.2) is 62.8 Å². The van der Waals surface area contributed by atoms with Crippen LogP contribution in [0, 0.1) is 0 Å². The van der Waals surface area contributed by atoms with Crippen LogP contribution in [0.4, 0.5) is 11.4 Å². The van der Waals surface area contributed by atoms with Crippen LogP contribution in [-0.2, 0) is 27.2 Å². The van der Waals surface area contributed by atoms with Gasteiger partial charge in [0.1, 0.15) is 5.75 Å². The first-order valence-corrected chi connectivity index (χ1v) is 14.9. The Morgan fingerprint density at radius 3 is 2.46 bits per heavy atom. The zero-order chi connectivity index (χ0) is 28.6. The zero-order valence-corrected chi connectivity index (χ0v) is 24.6. The summed E-state index contributed by atoms with van der Waals surface area (Å²) in [4.78, 5) is 31.4. The number of nitrogens with zero attached hydrogens (tertiary/aromatic N) is 3. The van der Waals surface area contributed by atoms with Gasteiger partial charge in [0, 0.05) is 38.7 Å². The lowest BCUT2D eigenvalue weighted by molar-refractivity contribution is -0.143. The summed E-state index contributed by atoms with van der Waals surface area (Å²) in [6, 6.07) is 21.1. The SMILES string of the molecule is O=C(Cc1ccccc1)OCN1C(=O)CCc2ccc(OCCCCN3CCN(c4cccc(Cl)c4Cl)CC3)cc21. The van der Waals surface area contributed by atoms with Gasteiger partial charge in [0.05, 0.1) is 34.4 Å². The molecular weight excluding hydrogens is 561 g/mol. The monoisotopic (exact) mass is 595 g/mol. The zero-order valence-electron chi connectivity index (χ0n) is 23.1. The average Bonchev–Trinajstić information content (AvgIpc) is 2.99. The van der Waals surface area contributed by atoms with E-state index in [1.165, 1.54) is 0 Å². The molecule has 1 amide bonds. The Morgan fingerprint density at radius 1 is 0.854 bits per heavy atom. The molecular formula is C32H35Cl2N3O4. The highest BCUT2D eigenvalue weighted by atomic mass is 35.5. The molecule has 0 radical (unpaired) electrons. The van der Waals surface area contributed by atoms with Crippen molar-refractivity contribution in [2.24, 2.45) is 0 Å². The number of amides is 1. The van der Waals surface area contributed by atoms with Gasteiger partial charge in [0.2, 0.25) is 5.91 Å². The summed E-state index contributed by atoms with van der Waals surface area (Å²) in [5.41, 5.74) is 3.68. The predicted octanol–water partition coefficient (Wildman–Crippen LogP) is 6.00. The molecule has 0 atom stereocenters. The van der Waals surface area contributed by atoms with Gasteiger partial charge in [-0.2, -0.15) is 0 Å². The maximum absolute atomic E-state index is 12.7. The second-order valence-corrected chi connectivity index (χ2v) is 11.2. The second-order valence-electron chi connectivity index (χ2n) is 10.4. The number of ether oxygens (including phenoxy) is 2. The van der Waals surface area contributed by atoms with E-state index in [4.69, 9.17) is 32.7 Å². The van der Waals surface area contributed by atoms with E-state index in [-0.39, 0.29) is 25.0 Å². The maximum atomic E-state index is 12.7. The second kappa shape index (κ2) is 14.1. The normalized spacial score (nSPS) is 15.5. The van der Waals surface area contributed by atoms with Crippen LogP contribution >= 0.6 is 23.2 Å². The van der Waals surface area contributed by atoms with Crippen molar-refractivity contribution in [1.82, 2.24) is 4.90 Å². The van der Waals surface area contributed by atoms with E-state index in [1.54, 1.807) is 4.90 Å². The Kier molecular flexibility index (Phi) is 10.0. The van der Waals surface area contributed by atoms with Crippen molar-refractivity contribution < 1.29 is 19.1 Å². The molecule has 0 spiro atoms. The average molecular weight is 597 g/mol. The van der Waals surface area contributed by atoms with Crippen molar-refractivity contribution in [3.63, 3.8) is 0 Å². The van der Waals surface area contributed by atoms with Crippen LogP contribution in [0.5, 0.6) is 5.75 Å². The van der Waals surface area contributed by atoms with Crippen molar-refractivity contribution in [1.29, 1.82) is 0 Å². The number of hydrogen-bond acceptors (Lipinski definition) is 6. The summed E-state index contributed by atoms with van der Waals surface area (Å²) < 4.78 is 11.5. The highest BCUT2D eigenvalue weighted by molar-refractivity contribution is 6.43. The van der Waals surface area contributed by atoms with Gasteiger partial charge in [-0.15, -0.1) is 0 Å². The first-order valence-electron chi connectivity index (χ1n) is 14.1. The fraction of sp³-hybridized carbons (Fsp3) is 0.375. The van der Waals surface area contributed by atoms with Crippen molar-refractivity contribution in [3.8, 4) is 5.75 Å². The van der Waals surface area contributed by atoms with Gasteiger partial charge in [-0.3, -0.25) is 19.4 Å².